The van der Waals surface area contributed by atoms with Gasteiger partial charge in [0.2, 0.25) is 0 Å². The summed E-state index contributed by atoms with van der Waals surface area (Å²) in [5.74, 6) is 0. The van der Waals surface area contributed by atoms with E-state index in [1.54, 1.807) is 0 Å². The lowest BCUT2D eigenvalue weighted by Gasteiger charge is -2.19. The number of hydrogen-bond donors (Lipinski definition) is 2. The Morgan fingerprint density at radius 1 is 0.455 bits per heavy atom. The first kappa shape index (κ1) is 19.4. The molecule has 0 unspecified atom stereocenters. The maximum Gasteiger partial charge on any atom is 0.0314 e. The molecule has 158 valence electrons. The molecular formula is C31H24N2. The number of nitrogens with two attached hydrogens (primary N) is 2. The van der Waals surface area contributed by atoms with Gasteiger partial charge < -0.3 is 11.5 Å². The first-order valence-electron chi connectivity index (χ1n) is 11.2. The minimum atomic E-state index is 0.771. The number of benzene rings is 6. The normalized spacial score (nSPS) is 11.4. The summed E-state index contributed by atoms with van der Waals surface area (Å²) in [5, 5.41) is 7.42. The van der Waals surface area contributed by atoms with Gasteiger partial charge in [0.05, 0.1) is 0 Å². The van der Waals surface area contributed by atoms with E-state index in [0.717, 1.165) is 11.4 Å². The quantitative estimate of drug-likeness (QED) is 0.219. The molecule has 2 heteroatoms. The highest BCUT2D eigenvalue weighted by Crippen LogP contribution is 2.45. The van der Waals surface area contributed by atoms with Crippen LogP contribution in [-0.2, 0) is 0 Å². The third-order valence-electron chi connectivity index (χ3n) is 6.54. The van der Waals surface area contributed by atoms with Crippen molar-refractivity contribution < 1.29 is 0 Å². The first-order chi connectivity index (χ1) is 16.1. The Morgan fingerprint density at radius 3 is 1.42 bits per heavy atom. The van der Waals surface area contributed by atoms with E-state index in [2.05, 4.69) is 85.8 Å². The van der Waals surface area contributed by atoms with Crippen LogP contribution >= 0.6 is 0 Å². The van der Waals surface area contributed by atoms with Crippen LogP contribution in [0, 0.1) is 6.92 Å². The van der Waals surface area contributed by atoms with Crippen LogP contribution in [0.4, 0.5) is 11.4 Å². The SMILES string of the molecule is Cc1ccc2c(-c3ccc(N)cc3)c3cc4ccccc4cc3c(-c3ccc(N)cc3)c2c1. The van der Waals surface area contributed by atoms with Gasteiger partial charge in [0.15, 0.2) is 0 Å². The van der Waals surface area contributed by atoms with Crippen molar-refractivity contribution in [2.45, 2.75) is 6.92 Å². The Kier molecular flexibility index (Phi) is 4.34. The second kappa shape index (κ2) is 7.39. The van der Waals surface area contributed by atoms with E-state index in [1.165, 1.54) is 60.1 Å². The molecule has 0 spiro atoms. The van der Waals surface area contributed by atoms with Crippen molar-refractivity contribution in [2.75, 3.05) is 11.5 Å². The Labute approximate surface area is 193 Å². The fourth-order valence-electron chi connectivity index (χ4n) is 4.95. The summed E-state index contributed by atoms with van der Waals surface area (Å²) < 4.78 is 0. The van der Waals surface area contributed by atoms with Crippen LogP contribution in [0.15, 0.2) is 103 Å². The van der Waals surface area contributed by atoms with Gasteiger partial charge >= 0.3 is 0 Å². The summed E-state index contributed by atoms with van der Waals surface area (Å²) in [6.45, 7) is 2.15. The fourth-order valence-corrected chi connectivity index (χ4v) is 4.95. The summed E-state index contributed by atoms with van der Waals surface area (Å²) in [4.78, 5) is 0. The number of hydrogen-bond acceptors (Lipinski definition) is 2. The minimum Gasteiger partial charge on any atom is -0.399 e. The molecule has 0 saturated heterocycles. The fraction of sp³-hybridized carbons (Fsp3) is 0.0323. The lowest BCUT2D eigenvalue weighted by Crippen LogP contribution is -1.93. The van der Waals surface area contributed by atoms with Crippen molar-refractivity contribution in [3.63, 3.8) is 0 Å². The van der Waals surface area contributed by atoms with Gasteiger partial charge in [-0.15, -0.1) is 0 Å². The average molecular weight is 425 g/mol. The lowest BCUT2D eigenvalue weighted by atomic mass is 9.84. The molecule has 0 aliphatic heterocycles. The molecule has 6 aromatic carbocycles. The van der Waals surface area contributed by atoms with Crippen molar-refractivity contribution in [1.82, 2.24) is 0 Å². The third-order valence-corrected chi connectivity index (χ3v) is 6.54. The summed E-state index contributed by atoms with van der Waals surface area (Å²) in [6.07, 6.45) is 0. The number of rotatable bonds is 2. The molecule has 6 rings (SSSR count). The van der Waals surface area contributed by atoms with Crippen LogP contribution in [0.2, 0.25) is 0 Å². The highest BCUT2D eigenvalue weighted by atomic mass is 14.5. The van der Waals surface area contributed by atoms with Crippen LogP contribution in [-0.4, -0.2) is 0 Å². The molecule has 0 atom stereocenters. The van der Waals surface area contributed by atoms with E-state index >= 15 is 0 Å². The van der Waals surface area contributed by atoms with Crippen LogP contribution in [0.3, 0.4) is 0 Å². The average Bonchev–Trinajstić information content (AvgIpc) is 2.83. The third kappa shape index (κ3) is 3.19. The van der Waals surface area contributed by atoms with Gasteiger partial charge in [0.1, 0.15) is 0 Å². The summed E-state index contributed by atoms with van der Waals surface area (Å²) in [5.41, 5.74) is 19.7. The zero-order chi connectivity index (χ0) is 22.5. The first-order valence-corrected chi connectivity index (χ1v) is 11.2. The second-order valence-electron chi connectivity index (χ2n) is 8.79. The predicted octanol–water partition coefficient (Wildman–Crippen LogP) is 7.95. The standard InChI is InChI=1S/C31H24N2/c1-19-6-15-26-27(16-19)31(21-9-13-25(33)14-10-21)29-18-23-5-3-2-4-22(23)17-28(29)30(26)20-7-11-24(32)12-8-20/h2-18H,32-33H2,1H3. The number of aryl methyl sites for hydroxylation is 1. The van der Waals surface area contributed by atoms with Gasteiger partial charge in [-0.1, -0.05) is 72.3 Å². The number of nitrogen functional groups attached to an aromatic ring is 2. The molecule has 0 aliphatic rings. The molecule has 0 heterocycles. The van der Waals surface area contributed by atoms with Gasteiger partial charge in [-0.3, -0.25) is 0 Å². The summed E-state index contributed by atoms with van der Waals surface area (Å²) in [7, 11) is 0. The highest BCUT2D eigenvalue weighted by molar-refractivity contribution is 6.23. The second-order valence-corrected chi connectivity index (χ2v) is 8.79. The predicted molar refractivity (Wildman–Crippen MR) is 143 cm³/mol. The van der Waals surface area contributed by atoms with Crippen molar-refractivity contribution in [2.24, 2.45) is 0 Å². The van der Waals surface area contributed by atoms with E-state index in [-0.39, 0.29) is 0 Å². The molecule has 0 bridgehead atoms. The van der Waals surface area contributed by atoms with Crippen molar-refractivity contribution in [1.29, 1.82) is 0 Å². The monoisotopic (exact) mass is 424 g/mol. The molecule has 0 saturated carbocycles. The zero-order valence-corrected chi connectivity index (χ0v) is 18.5. The molecule has 33 heavy (non-hydrogen) atoms. The highest BCUT2D eigenvalue weighted by Gasteiger charge is 2.17. The molecular weight excluding hydrogens is 400 g/mol. The van der Waals surface area contributed by atoms with Gasteiger partial charge in [0.25, 0.3) is 0 Å². The maximum absolute atomic E-state index is 6.03. The maximum atomic E-state index is 6.03. The molecule has 0 aliphatic carbocycles. The Bertz CT molecular complexity index is 1660. The number of anilines is 2. The molecule has 0 fully saturated rings. The molecule has 0 amide bonds. The topological polar surface area (TPSA) is 52.0 Å². The van der Waals surface area contributed by atoms with Gasteiger partial charge in [-0.25, -0.2) is 0 Å². The van der Waals surface area contributed by atoms with E-state index in [4.69, 9.17) is 11.5 Å². The largest absolute Gasteiger partial charge is 0.399 e. The molecule has 0 aromatic heterocycles. The number of fused-ring (bicyclic) bond motifs is 3. The van der Waals surface area contributed by atoms with E-state index in [1.807, 2.05) is 24.3 Å². The molecule has 4 N–H and O–H groups in total. The van der Waals surface area contributed by atoms with E-state index in [9.17, 15) is 0 Å². The summed E-state index contributed by atoms with van der Waals surface area (Å²) in [6, 6.07) is 36.4. The van der Waals surface area contributed by atoms with Gasteiger partial charge in [0, 0.05) is 11.4 Å². The lowest BCUT2D eigenvalue weighted by molar-refractivity contribution is 1.51. The minimum absolute atomic E-state index is 0.771. The van der Waals surface area contributed by atoms with Gasteiger partial charge in [-0.05, 0) is 97.9 Å². The molecule has 6 aromatic rings. The van der Waals surface area contributed by atoms with E-state index in [0.29, 0.717) is 0 Å². The van der Waals surface area contributed by atoms with Crippen LogP contribution in [0.1, 0.15) is 5.56 Å². The van der Waals surface area contributed by atoms with Crippen LogP contribution in [0.25, 0.3) is 54.6 Å². The van der Waals surface area contributed by atoms with Gasteiger partial charge in [-0.2, -0.15) is 0 Å². The Morgan fingerprint density at radius 2 is 0.909 bits per heavy atom. The molecule has 0 radical (unpaired) electrons. The zero-order valence-electron chi connectivity index (χ0n) is 18.5. The van der Waals surface area contributed by atoms with E-state index < -0.39 is 0 Å². The van der Waals surface area contributed by atoms with Crippen molar-refractivity contribution in [3.8, 4) is 22.3 Å². The smallest absolute Gasteiger partial charge is 0.0314 e. The van der Waals surface area contributed by atoms with Crippen molar-refractivity contribution >= 4 is 43.7 Å². The van der Waals surface area contributed by atoms with Crippen LogP contribution < -0.4 is 11.5 Å². The Balaban J connectivity index is 1.87. The van der Waals surface area contributed by atoms with Crippen molar-refractivity contribution in [3.05, 3.63) is 109 Å². The summed E-state index contributed by atoms with van der Waals surface area (Å²) >= 11 is 0. The Hall–Kier alpha value is -4.30. The van der Waals surface area contributed by atoms with Crippen LogP contribution in [0.5, 0.6) is 0 Å². The molecule has 2 nitrogen and oxygen atoms in total.